The van der Waals surface area contributed by atoms with Crippen LogP contribution >= 0.6 is 23.2 Å². The van der Waals surface area contributed by atoms with Crippen LogP contribution in [0.1, 0.15) is 11.1 Å². The van der Waals surface area contributed by atoms with E-state index in [1.807, 2.05) is 0 Å². The molecule has 0 heterocycles. The second-order valence-corrected chi connectivity index (χ2v) is 9.76. The van der Waals surface area contributed by atoms with Crippen molar-refractivity contribution >= 4 is 55.4 Å². The van der Waals surface area contributed by atoms with E-state index in [0.29, 0.717) is 21.2 Å². The van der Waals surface area contributed by atoms with Crippen molar-refractivity contribution in [1.29, 1.82) is 0 Å². The number of nitrogens with one attached hydrogen (secondary N) is 2. The van der Waals surface area contributed by atoms with Crippen molar-refractivity contribution in [3.8, 4) is 0 Å². The monoisotopic (exact) mass is 460 g/mol. The molecule has 0 unspecified atom stereocenters. The van der Waals surface area contributed by atoms with Gasteiger partial charge in [0.25, 0.3) is 0 Å². The van der Waals surface area contributed by atoms with Gasteiger partial charge in [-0.3, -0.25) is 0 Å². The third-order valence-electron chi connectivity index (χ3n) is 3.35. The number of halogens is 2. The first-order valence-corrected chi connectivity index (χ1v) is 11.9. The predicted molar refractivity (Wildman–Crippen MR) is 115 cm³/mol. The molecule has 0 aliphatic rings. The van der Waals surface area contributed by atoms with Crippen LogP contribution in [0.25, 0.3) is 12.2 Å². The number of hydrogen-bond acceptors (Lipinski definition) is 4. The summed E-state index contributed by atoms with van der Waals surface area (Å²) in [4.78, 5) is 0. The minimum atomic E-state index is -3.70. The Labute approximate surface area is 175 Å². The van der Waals surface area contributed by atoms with E-state index in [1.165, 1.54) is 12.2 Å². The lowest BCUT2D eigenvalue weighted by atomic mass is 10.2. The molecule has 0 bridgehead atoms. The minimum absolute atomic E-state index is 0.0959. The predicted octanol–water partition coefficient (Wildman–Crippen LogP) is 3.47. The van der Waals surface area contributed by atoms with Crippen LogP contribution in [0.15, 0.2) is 59.3 Å². The SMILES string of the molecule is O=S(=O)(/C=C/c1ccc(Cl)cc1)NCCNS(=O)(=O)/C=C/c1ccc(Cl)cc1. The van der Waals surface area contributed by atoms with Crippen molar-refractivity contribution in [2.45, 2.75) is 0 Å². The first kappa shape index (κ1) is 22.6. The fraction of sp³-hybridized carbons (Fsp3) is 0.111. The molecule has 0 aromatic heterocycles. The third-order valence-corrected chi connectivity index (χ3v) is 6.06. The molecule has 0 fully saturated rings. The maximum atomic E-state index is 11.9. The van der Waals surface area contributed by atoms with E-state index in [2.05, 4.69) is 9.44 Å². The molecule has 0 saturated carbocycles. The molecule has 150 valence electrons. The van der Waals surface area contributed by atoms with Crippen LogP contribution in [0.3, 0.4) is 0 Å². The van der Waals surface area contributed by atoms with Crippen LogP contribution < -0.4 is 9.44 Å². The van der Waals surface area contributed by atoms with E-state index < -0.39 is 20.0 Å². The van der Waals surface area contributed by atoms with Crippen molar-refractivity contribution < 1.29 is 16.8 Å². The summed E-state index contributed by atoms with van der Waals surface area (Å²) >= 11 is 11.5. The lowest BCUT2D eigenvalue weighted by Gasteiger charge is -2.04. The highest BCUT2D eigenvalue weighted by Crippen LogP contribution is 2.12. The van der Waals surface area contributed by atoms with Crippen molar-refractivity contribution in [3.05, 3.63) is 80.5 Å². The zero-order chi connectivity index (χ0) is 20.6. The van der Waals surface area contributed by atoms with Crippen molar-refractivity contribution in [2.24, 2.45) is 0 Å². The Morgan fingerprint density at radius 1 is 0.643 bits per heavy atom. The van der Waals surface area contributed by atoms with Crippen molar-refractivity contribution in [1.82, 2.24) is 9.44 Å². The Hall–Kier alpha value is -1.68. The van der Waals surface area contributed by atoms with Gasteiger partial charge in [0.1, 0.15) is 0 Å². The molecular formula is C18H18Cl2N2O4S2. The summed E-state index contributed by atoms with van der Waals surface area (Å²) in [7, 11) is -7.39. The lowest BCUT2D eigenvalue weighted by Crippen LogP contribution is -2.33. The van der Waals surface area contributed by atoms with Crippen LogP contribution in [0.2, 0.25) is 10.0 Å². The molecule has 2 rings (SSSR count). The summed E-state index contributed by atoms with van der Waals surface area (Å²) in [6.07, 6.45) is 2.83. The molecule has 10 heteroatoms. The first-order valence-electron chi connectivity index (χ1n) is 8.02. The van der Waals surface area contributed by atoms with Gasteiger partial charge >= 0.3 is 0 Å². The van der Waals surface area contributed by atoms with Crippen LogP contribution in [0.4, 0.5) is 0 Å². The fourth-order valence-electron chi connectivity index (χ4n) is 1.97. The zero-order valence-electron chi connectivity index (χ0n) is 14.5. The normalized spacial score (nSPS) is 12.8. The molecule has 0 spiro atoms. The summed E-state index contributed by atoms with van der Waals surface area (Å²) in [5, 5.41) is 3.11. The highest BCUT2D eigenvalue weighted by atomic mass is 35.5. The number of rotatable bonds is 9. The molecule has 0 radical (unpaired) electrons. The van der Waals surface area contributed by atoms with E-state index in [-0.39, 0.29) is 13.1 Å². The molecule has 2 aromatic rings. The first-order chi connectivity index (χ1) is 13.2. The molecule has 2 N–H and O–H groups in total. The molecule has 6 nitrogen and oxygen atoms in total. The molecule has 0 atom stereocenters. The lowest BCUT2D eigenvalue weighted by molar-refractivity contribution is 0.580. The third kappa shape index (κ3) is 8.55. The smallest absolute Gasteiger partial charge is 0.210 e. The minimum Gasteiger partial charge on any atom is -0.210 e. The standard InChI is InChI=1S/C18H18Cl2N2O4S2/c19-17-5-1-15(2-6-17)9-13-27(23,24)21-11-12-22-28(25,26)14-10-16-3-7-18(20)8-4-16/h1-10,13-14,21-22H,11-12H2/b13-9+,14-10+. The van der Waals surface area contributed by atoms with Gasteiger partial charge in [-0.1, -0.05) is 47.5 Å². The number of sulfonamides is 2. The maximum Gasteiger partial charge on any atom is 0.233 e. The van der Waals surface area contributed by atoms with Crippen LogP contribution in [0.5, 0.6) is 0 Å². The molecule has 0 saturated heterocycles. The second kappa shape index (κ2) is 10.2. The molecule has 28 heavy (non-hydrogen) atoms. The fourth-order valence-corrected chi connectivity index (χ4v) is 3.86. The van der Waals surface area contributed by atoms with E-state index in [4.69, 9.17) is 23.2 Å². The maximum absolute atomic E-state index is 11.9. The Balaban J connectivity index is 1.81. The van der Waals surface area contributed by atoms with E-state index >= 15 is 0 Å². The van der Waals surface area contributed by atoms with Crippen molar-refractivity contribution in [2.75, 3.05) is 13.1 Å². The van der Waals surface area contributed by atoms with E-state index in [0.717, 1.165) is 10.8 Å². The van der Waals surface area contributed by atoms with Gasteiger partial charge in [-0.25, -0.2) is 26.3 Å². The van der Waals surface area contributed by atoms with E-state index in [1.54, 1.807) is 48.5 Å². The molecule has 0 aliphatic heterocycles. The summed E-state index contributed by atoms with van der Waals surface area (Å²) in [5.41, 5.74) is 1.34. The van der Waals surface area contributed by atoms with Gasteiger partial charge in [0.15, 0.2) is 0 Å². The quantitative estimate of drug-likeness (QED) is 0.560. The highest BCUT2D eigenvalue weighted by Gasteiger charge is 2.07. The van der Waals surface area contributed by atoms with Gasteiger partial charge in [-0.05, 0) is 47.5 Å². The average Bonchev–Trinajstić information content (AvgIpc) is 2.65. The summed E-state index contributed by atoms with van der Waals surface area (Å²) in [5.74, 6) is 0. The largest absolute Gasteiger partial charge is 0.233 e. The zero-order valence-corrected chi connectivity index (χ0v) is 17.7. The van der Waals surface area contributed by atoms with Crippen LogP contribution in [-0.4, -0.2) is 29.9 Å². The van der Waals surface area contributed by atoms with Gasteiger partial charge in [0.2, 0.25) is 20.0 Å². The Morgan fingerprint density at radius 3 is 1.29 bits per heavy atom. The van der Waals surface area contributed by atoms with Gasteiger partial charge in [-0.15, -0.1) is 0 Å². The molecule has 0 amide bonds. The number of benzene rings is 2. The molecule has 0 aliphatic carbocycles. The number of hydrogen-bond donors (Lipinski definition) is 2. The second-order valence-electron chi connectivity index (χ2n) is 5.59. The highest BCUT2D eigenvalue weighted by molar-refractivity contribution is 7.92. The van der Waals surface area contributed by atoms with Crippen LogP contribution in [-0.2, 0) is 20.0 Å². The molecular weight excluding hydrogens is 443 g/mol. The Bertz CT molecular complexity index is 960. The van der Waals surface area contributed by atoms with Gasteiger partial charge in [-0.2, -0.15) is 0 Å². The van der Waals surface area contributed by atoms with Gasteiger partial charge in [0, 0.05) is 34.0 Å². The summed E-state index contributed by atoms with van der Waals surface area (Å²) in [6.45, 7) is -0.192. The summed E-state index contributed by atoms with van der Waals surface area (Å²) < 4.78 is 52.2. The van der Waals surface area contributed by atoms with Crippen LogP contribution in [0, 0.1) is 0 Å². The van der Waals surface area contributed by atoms with Crippen molar-refractivity contribution in [3.63, 3.8) is 0 Å². The summed E-state index contributed by atoms with van der Waals surface area (Å²) in [6, 6.07) is 13.3. The Kier molecular flexibility index (Phi) is 8.23. The average molecular weight is 461 g/mol. The van der Waals surface area contributed by atoms with Gasteiger partial charge < -0.3 is 0 Å². The van der Waals surface area contributed by atoms with Gasteiger partial charge in [0.05, 0.1) is 0 Å². The topological polar surface area (TPSA) is 92.3 Å². The Morgan fingerprint density at radius 2 is 0.964 bits per heavy atom. The van der Waals surface area contributed by atoms with E-state index in [9.17, 15) is 16.8 Å². The molecule has 2 aromatic carbocycles.